The molecule has 1 unspecified atom stereocenters. The van der Waals surface area contributed by atoms with Crippen molar-refractivity contribution in [1.82, 2.24) is 10.8 Å². The monoisotopic (exact) mass is 460 g/mol. The molecule has 7 nitrogen and oxygen atoms in total. The average molecular weight is 461 g/mol. The molecule has 0 spiro atoms. The van der Waals surface area contributed by atoms with Crippen LogP contribution in [-0.4, -0.2) is 30.1 Å². The minimum atomic E-state index is -1.33. The molecule has 1 atom stereocenters. The second kappa shape index (κ2) is 12.2. The number of halogens is 1. The maximum Gasteiger partial charge on any atom is 0.336 e. The highest BCUT2D eigenvalue weighted by Crippen LogP contribution is 2.30. The van der Waals surface area contributed by atoms with Gasteiger partial charge in [-0.05, 0) is 37.0 Å². The third kappa shape index (κ3) is 6.80. The first-order valence-corrected chi connectivity index (χ1v) is 10.9. The van der Waals surface area contributed by atoms with Crippen molar-refractivity contribution in [3.8, 4) is 11.1 Å². The van der Waals surface area contributed by atoms with E-state index in [2.05, 4.69) is 5.32 Å². The number of carbonyl (C=O) groups excluding carboxylic acids is 3. The summed E-state index contributed by atoms with van der Waals surface area (Å²) in [6, 6.07) is 14.7. The Bertz CT molecular complexity index is 932. The highest BCUT2D eigenvalue weighted by Gasteiger charge is 2.38. The van der Waals surface area contributed by atoms with Gasteiger partial charge >= 0.3 is 5.97 Å². The summed E-state index contributed by atoms with van der Waals surface area (Å²) in [4.78, 5) is 36.1. The van der Waals surface area contributed by atoms with Crippen molar-refractivity contribution in [3.63, 3.8) is 0 Å². The van der Waals surface area contributed by atoms with E-state index in [1.807, 2.05) is 36.4 Å². The van der Waals surface area contributed by atoms with Gasteiger partial charge in [-0.15, -0.1) is 0 Å². The number of hydroxylamine groups is 1. The molecule has 2 aromatic carbocycles. The van der Waals surface area contributed by atoms with Crippen LogP contribution in [0.4, 0.5) is 0 Å². The Kier molecular flexibility index (Phi) is 9.68. The Hall–Kier alpha value is -2.90. The van der Waals surface area contributed by atoms with E-state index in [9.17, 15) is 14.4 Å². The van der Waals surface area contributed by atoms with Crippen LogP contribution >= 0.6 is 11.6 Å². The zero-order valence-corrected chi connectivity index (χ0v) is 19.1. The van der Waals surface area contributed by atoms with Gasteiger partial charge in [0.25, 0.3) is 0 Å². The van der Waals surface area contributed by atoms with Crippen molar-refractivity contribution in [2.75, 3.05) is 7.11 Å². The van der Waals surface area contributed by atoms with Gasteiger partial charge in [-0.3, -0.25) is 14.8 Å². The molecule has 0 saturated heterocycles. The molecule has 2 rings (SSSR count). The highest BCUT2D eigenvalue weighted by atomic mass is 35.5. The highest BCUT2D eigenvalue weighted by molar-refractivity contribution is 6.33. The number of unbranched alkanes of at least 4 members (excludes halogenated alkanes) is 3. The van der Waals surface area contributed by atoms with E-state index in [-0.39, 0.29) is 18.7 Å². The average Bonchev–Trinajstić information content (AvgIpc) is 2.80. The van der Waals surface area contributed by atoms with Gasteiger partial charge < -0.3 is 10.1 Å². The van der Waals surface area contributed by atoms with Gasteiger partial charge in [-0.2, -0.15) is 0 Å². The minimum absolute atomic E-state index is 0.243. The summed E-state index contributed by atoms with van der Waals surface area (Å²) in [5, 5.41) is 11.9. The molecule has 2 aromatic rings. The fraction of sp³-hybridized carbons (Fsp3) is 0.375. The minimum Gasteiger partial charge on any atom is -0.467 e. The standard InChI is InChI=1S/C24H29ClN2O5/c1-24(23(30)32-2,26-21(28)11-5-3-4-6-12-22(29)27-31)18-15-13-17(14-16-18)19-9-7-8-10-20(19)25/h7-10,13-16,31H,3-6,11-12H2,1-2H3,(H,26,28)(H,27,29). The molecule has 0 fully saturated rings. The van der Waals surface area contributed by atoms with E-state index in [0.29, 0.717) is 23.4 Å². The molecule has 8 heteroatoms. The summed E-state index contributed by atoms with van der Waals surface area (Å²) in [5.41, 5.74) is 2.64. The Morgan fingerprint density at radius 1 is 0.938 bits per heavy atom. The maximum absolute atomic E-state index is 12.6. The second-order valence-corrected chi connectivity index (χ2v) is 8.08. The van der Waals surface area contributed by atoms with Gasteiger partial charge in [-0.25, -0.2) is 10.3 Å². The quantitative estimate of drug-likeness (QED) is 0.200. The van der Waals surface area contributed by atoms with Gasteiger partial charge in [0.2, 0.25) is 11.8 Å². The first-order valence-electron chi connectivity index (χ1n) is 10.5. The molecule has 2 amide bonds. The fourth-order valence-corrected chi connectivity index (χ4v) is 3.69. The van der Waals surface area contributed by atoms with E-state index < -0.39 is 17.4 Å². The summed E-state index contributed by atoms with van der Waals surface area (Å²) in [7, 11) is 1.29. The molecular formula is C24H29ClN2O5. The number of nitrogens with one attached hydrogen (secondary N) is 2. The summed E-state index contributed by atoms with van der Waals surface area (Å²) in [5.74, 6) is -1.25. The van der Waals surface area contributed by atoms with Crippen molar-refractivity contribution in [2.45, 2.75) is 51.0 Å². The lowest BCUT2D eigenvalue weighted by Gasteiger charge is -2.28. The van der Waals surface area contributed by atoms with Crippen molar-refractivity contribution < 1.29 is 24.3 Å². The first-order chi connectivity index (χ1) is 15.3. The molecule has 3 N–H and O–H groups in total. The molecule has 0 heterocycles. The van der Waals surface area contributed by atoms with E-state index in [4.69, 9.17) is 21.5 Å². The molecule has 0 aliphatic rings. The molecule has 0 aromatic heterocycles. The molecule has 0 bridgehead atoms. The van der Waals surface area contributed by atoms with Gasteiger partial charge in [0.15, 0.2) is 5.54 Å². The normalized spacial score (nSPS) is 12.5. The predicted octanol–water partition coefficient (Wildman–Crippen LogP) is 4.36. The number of esters is 1. The SMILES string of the molecule is COC(=O)C(C)(NC(=O)CCCCCCC(=O)NO)c1ccc(-c2ccccc2Cl)cc1. The number of methoxy groups -OCH3 is 1. The second-order valence-electron chi connectivity index (χ2n) is 7.67. The largest absolute Gasteiger partial charge is 0.467 e. The predicted molar refractivity (Wildman–Crippen MR) is 122 cm³/mol. The van der Waals surface area contributed by atoms with Crippen LogP contribution in [0.1, 0.15) is 51.0 Å². The van der Waals surface area contributed by atoms with Crippen molar-refractivity contribution in [3.05, 3.63) is 59.1 Å². The van der Waals surface area contributed by atoms with Crippen LogP contribution in [0.3, 0.4) is 0 Å². The van der Waals surface area contributed by atoms with Crippen LogP contribution in [0.25, 0.3) is 11.1 Å². The number of carbonyl (C=O) groups is 3. The lowest BCUT2D eigenvalue weighted by molar-refractivity contribution is -0.150. The van der Waals surface area contributed by atoms with Crippen molar-refractivity contribution >= 4 is 29.4 Å². The number of hydrogen-bond acceptors (Lipinski definition) is 5. The first kappa shape index (κ1) is 25.4. The molecular weight excluding hydrogens is 432 g/mol. The lowest BCUT2D eigenvalue weighted by Crippen LogP contribution is -2.50. The van der Waals surface area contributed by atoms with E-state index >= 15 is 0 Å². The number of ether oxygens (including phenoxy) is 1. The van der Waals surface area contributed by atoms with Gasteiger partial charge in [0.1, 0.15) is 0 Å². The Balaban J connectivity index is 2.02. The Morgan fingerprint density at radius 2 is 1.53 bits per heavy atom. The van der Waals surface area contributed by atoms with Crippen LogP contribution in [0.15, 0.2) is 48.5 Å². The summed E-state index contributed by atoms with van der Waals surface area (Å²) in [6.07, 6.45) is 3.26. The lowest BCUT2D eigenvalue weighted by atomic mass is 9.90. The third-order valence-corrected chi connectivity index (χ3v) is 5.64. The van der Waals surface area contributed by atoms with Gasteiger partial charge in [-0.1, -0.05) is 66.9 Å². The van der Waals surface area contributed by atoms with Crippen molar-refractivity contribution in [1.29, 1.82) is 0 Å². The Labute approximate surface area is 193 Å². The van der Waals surface area contributed by atoms with Crippen LogP contribution in [0.5, 0.6) is 0 Å². The topological polar surface area (TPSA) is 105 Å². The van der Waals surface area contributed by atoms with Crippen molar-refractivity contribution in [2.24, 2.45) is 0 Å². The molecule has 32 heavy (non-hydrogen) atoms. The van der Waals surface area contributed by atoms with Crippen LogP contribution in [-0.2, 0) is 24.7 Å². The number of rotatable bonds is 11. The zero-order valence-electron chi connectivity index (χ0n) is 18.3. The van der Waals surface area contributed by atoms with E-state index in [0.717, 1.165) is 24.0 Å². The summed E-state index contributed by atoms with van der Waals surface area (Å²) >= 11 is 6.27. The zero-order chi connectivity index (χ0) is 23.6. The van der Waals surface area contributed by atoms with Crippen LogP contribution in [0.2, 0.25) is 5.02 Å². The molecule has 172 valence electrons. The van der Waals surface area contributed by atoms with Gasteiger partial charge in [0.05, 0.1) is 7.11 Å². The van der Waals surface area contributed by atoms with Gasteiger partial charge in [0, 0.05) is 23.4 Å². The smallest absolute Gasteiger partial charge is 0.336 e. The number of hydrogen-bond donors (Lipinski definition) is 3. The summed E-state index contributed by atoms with van der Waals surface area (Å²) in [6.45, 7) is 1.62. The third-order valence-electron chi connectivity index (χ3n) is 5.31. The molecule has 0 aliphatic heterocycles. The molecule has 0 saturated carbocycles. The number of amides is 2. The van der Waals surface area contributed by atoms with Crippen LogP contribution in [0, 0.1) is 0 Å². The molecule has 0 aliphatic carbocycles. The van der Waals surface area contributed by atoms with E-state index in [1.54, 1.807) is 24.5 Å². The number of benzene rings is 2. The summed E-state index contributed by atoms with van der Waals surface area (Å²) < 4.78 is 4.96. The van der Waals surface area contributed by atoms with Crippen LogP contribution < -0.4 is 10.8 Å². The maximum atomic E-state index is 12.6. The molecule has 0 radical (unpaired) electrons. The fourth-order valence-electron chi connectivity index (χ4n) is 3.45. The van der Waals surface area contributed by atoms with E-state index in [1.165, 1.54) is 7.11 Å². The Morgan fingerprint density at radius 3 is 2.09 bits per heavy atom.